The van der Waals surface area contributed by atoms with Gasteiger partial charge in [0.1, 0.15) is 0 Å². The summed E-state index contributed by atoms with van der Waals surface area (Å²) in [6, 6.07) is 4.54. The number of aromatic amines is 1. The van der Waals surface area contributed by atoms with Gasteiger partial charge in [-0.2, -0.15) is 0 Å². The Kier molecular flexibility index (Phi) is 3.64. The molecule has 0 radical (unpaired) electrons. The quantitative estimate of drug-likeness (QED) is 0.849. The Morgan fingerprint density at radius 3 is 2.70 bits per heavy atom. The zero-order chi connectivity index (χ0) is 16.0. The molecule has 1 aromatic heterocycles. The molecule has 4 rings (SSSR count). The van der Waals surface area contributed by atoms with Crippen molar-refractivity contribution >= 4 is 16.8 Å². The van der Waals surface area contributed by atoms with E-state index in [0.29, 0.717) is 5.91 Å². The van der Waals surface area contributed by atoms with Crippen molar-refractivity contribution in [2.24, 2.45) is 5.92 Å². The van der Waals surface area contributed by atoms with Crippen LogP contribution in [-0.4, -0.2) is 42.0 Å². The summed E-state index contributed by atoms with van der Waals surface area (Å²) in [7, 11) is 0. The van der Waals surface area contributed by atoms with Crippen LogP contribution >= 0.6 is 0 Å². The number of nitrogens with one attached hydrogen (secondary N) is 2. The second-order valence-electron chi connectivity index (χ2n) is 7.08. The zero-order valence-corrected chi connectivity index (χ0v) is 14.0. The predicted molar refractivity (Wildman–Crippen MR) is 92.7 cm³/mol. The third kappa shape index (κ3) is 2.55. The molecule has 1 saturated heterocycles. The lowest BCUT2D eigenvalue weighted by atomic mass is 9.85. The number of piperazine rings is 1. The molecule has 122 valence electrons. The number of aryl methyl sites for hydroxylation is 3. The highest BCUT2D eigenvalue weighted by Gasteiger charge is 2.30. The van der Waals surface area contributed by atoms with Crippen molar-refractivity contribution in [3.05, 3.63) is 34.5 Å². The maximum Gasteiger partial charge on any atom is 0.226 e. The molecule has 4 nitrogen and oxygen atoms in total. The Hall–Kier alpha value is -1.81. The molecule has 1 aromatic carbocycles. The first-order chi connectivity index (χ1) is 11.1. The van der Waals surface area contributed by atoms with Crippen LogP contribution in [0, 0.1) is 19.8 Å². The number of benzene rings is 1. The molecule has 1 aliphatic heterocycles. The number of hydrogen-bond acceptors (Lipinski definition) is 2. The minimum atomic E-state index is 0.154. The van der Waals surface area contributed by atoms with Crippen LogP contribution in [0.1, 0.15) is 28.8 Å². The summed E-state index contributed by atoms with van der Waals surface area (Å²) in [5.74, 6) is 0.511. The number of carbonyl (C=O) groups excluding carboxylic acids is 1. The monoisotopic (exact) mass is 311 g/mol. The number of amides is 1. The first kappa shape index (κ1) is 14.8. The molecule has 1 amide bonds. The topological polar surface area (TPSA) is 48.1 Å². The summed E-state index contributed by atoms with van der Waals surface area (Å²) in [6.07, 6.45) is 2.85. The lowest BCUT2D eigenvalue weighted by Gasteiger charge is -2.32. The summed E-state index contributed by atoms with van der Waals surface area (Å²) >= 11 is 0. The summed E-state index contributed by atoms with van der Waals surface area (Å²) in [4.78, 5) is 18.5. The number of H-pyrrole nitrogens is 1. The lowest BCUT2D eigenvalue weighted by Crippen LogP contribution is -2.49. The van der Waals surface area contributed by atoms with Gasteiger partial charge < -0.3 is 15.2 Å². The van der Waals surface area contributed by atoms with Gasteiger partial charge in [-0.05, 0) is 61.9 Å². The van der Waals surface area contributed by atoms with Crippen molar-refractivity contribution < 1.29 is 4.79 Å². The highest BCUT2D eigenvalue weighted by atomic mass is 16.2. The minimum Gasteiger partial charge on any atom is -0.358 e. The molecular weight excluding hydrogens is 286 g/mol. The molecule has 2 aromatic rings. The largest absolute Gasteiger partial charge is 0.358 e. The number of aromatic nitrogens is 1. The molecular formula is C19H25N3O. The second-order valence-corrected chi connectivity index (χ2v) is 7.08. The van der Waals surface area contributed by atoms with Crippen LogP contribution in [0.3, 0.4) is 0 Å². The van der Waals surface area contributed by atoms with Gasteiger partial charge in [0.15, 0.2) is 0 Å². The first-order valence-corrected chi connectivity index (χ1v) is 8.73. The van der Waals surface area contributed by atoms with Crippen LogP contribution in [-0.2, 0) is 17.6 Å². The van der Waals surface area contributed by atoms with Gasteiger partial charge in [-0.15, -0.1) is 0 Å². The van der Waals surface area contributed by atoms with Crippen LogP contribution in [0.25, 0.3) is 10.9 Å². The fourth-order valence-corrected chi connectivity index (χ4v) is 4.04. The summed E-state index contributed by atoms with van der Waals surface area (Å²) in [6.45, 7) is 7.89. The Bertz CT molecular complexity index is 756. The van der Waals surface area contributed by atoms with Gasteiger partial charge in [0, 0.05) is 48.7 Å². The van der Waals surface area contributed by atoms with E-state index in [9.17, 15) is 4.79 Å². The van der Waals surface area contributed by atoms with E-state index in [0.717, 1.165) is 45.4 Å². The fourth-order valence-electron chi connectivity index (χ4n) is 4.04. The van der Waals surface area contributed by atoms with E-state index in [-0.39, 0.29) is 5.92 Å². The van der Waals surface area contributed by atoms with Gasteiger partial charge in [-0.25, -0.2) is 0 Å². The van der Waals surface area contributed by atoms with E-state index >= 15 is 0 Å². The normalized spacial score (nSPS) is 21.5. The Labute approximate surface area is 137 Å². The average molecular weight is 311 g/mol. The van der Waals surface area contributed by atoms with E-state index in [1.807, 2.05) is 0 Å². The van der Waals surface area contributed by atoms with E-state index in [4.69, 9.17) is 0 Å². The Balaban J connectivity index is 1.63. The van der Waals surface area contributed by atoms with Gasteiger partial charge >= 0.3 is 0 Å². The van der Waals surface area contributed by atoms with E-state index < -0.39 is 0 Å². The molecule has 1 aliphatic carbocycles. The maximum atomic E-state index is 12.8. The van der Waals surface area contributed by atoms with Crippen molar-refractivity contribution in [2.45, 2.75) is 33.1 Å². The molecule has 2 heterocycles. The van der Waals surface area contributed by atoms with Gasteiger partial charge in [-0.1, -0.05) is 0 Å². The molecule has 2 aliphatic rings. The fraction of sp³-hybridized carbons (Fsp3) is 0.526. The highest BCUT2D eigenvalue weighted by molar-refractivity contribution is 5.88. The zero-order valence-electron chi connectivity index (χ0n) is 14.0. The Morgan fingerprint density at radius 2 is 1.91 bits per heavy atom. The van der Waals surface area contributed by atoms with Crippen LogP contribution in [0.15, 0.2) is 12.1 Å². The molecule has 23 heavy (non-hydrogen) atoms. The second kappa shape index (κ2) is 5.68. The summed E-state index contributed by atoms with van der Waals surface area (Å²) in [5, 5.41) is 4.64. The first-order valence-electron chi connectivity index (χ1n) is 8.73. The van der Waals surface area contributed by atoms with Gasteiger partial charge in [-0.3, -0.25) is 4.79 Å². The third-order valence-electron chi connectivity index (χ3n) is 5.58. The molecule has 2 N–H and O–H groups in total. The number of nitrogens with zero attached hydrogens (tertiary/aromatic N) is 1. The van der Waals surface area contributed by atoms with Gasteiger partial charge in [0.2, 0.25) is 5.91 Å². The van der Waals surface area contributed by atoms with Crippen molar-refractivity contribution in [3.63, 3.8) is 0 Å². The SMILES string of the molecule is Cc1cc2[nH]c3c(c2cc1C)CC(C(=O)N1CCNCC1)CC3. The summed E-state index contributed by atoms with van der Waals surface area (Å²) < 4.78 is 0. The van der Waals surface area contributed by atoms with E-state index in [2.05, 4.69) is 41.2 Å². The number of carbonyl (C=O) groups is 1. The maximum absolute atomic E-state index is 12.8. The van der Waals surface area contributed by atoms with Crippen molar-refractivity contribution in [2.75, 3.05) is 26.2 Å². The third-order valence-corrected chi connectivity index (χ3v) is 5.58. The number of fused-ring (bicyclic) bond motifs is 3. The molecule has 0 saturated carbocycles. The molecule has 0 bridgehead atoms. The molecule has 4 heteroatoms. The smallest absolute Gasteiger partial charge is 0.226 e. The van der Waals surface area contributed by atoms with Crippen LogP contribution in [0.2, 0.25) is 0 Å². The van der Waals surface area contributed by atoms with Crippen molar-refractivity contribution in [1.82, 2.24) is 15.2 Å². The highest BCUT2D eigenvalue weighted by Crippen LogP contribution is 2.33. The predicted octanol–water partition coefficient (Wildman–Crippen LogP) is 2.32. The van der Waals surface area contributed by atoms with Crippen LogP contribution in [0.5, 0.6) is 0 Å². The van der Waals surface area contributed by atoms with Crippen LogP contribution in [0.4, 0.5) is 0 Å². The molecule has 0 spiro atoms. The lowest BCUT2D eigenvalue weighted by molar-refractivity contribution is -0.136. The Morgan fingerprint density at radius 1 is 1.17 bits per heavy atom. The minimum absolute atomic E-state index is 0.154. The average Bonchev–Trinajstić information content (AvgIpc) is 2.92. The number of hydrogen-bond donors (Lipinski definition) is 2. The standard InChI is InChI=1S/C19H25N3O/c1-12-9-15-16-11-14(19(23)22-7-5-20-6-8-22)3-4-17(16)21-18(15)10-13(12)2/h9-10,14,20-21H,3-8,11H2,1-2H3. The molecule has 1 fully saturated rings. The van der Waals surface area contributed by atoms with Crippen LogP contribution < -0.4 is 5.32 Å². The van der Waals surface area contributed by atoms with E-state index in [1.165, 1.54) is 33.3 Å². The van der Waals surface area contributed by atoms with Gasteiger partial charge in [0.25, 0.3) is 0 Å². The molecule has 1 atom stereocenters. The summed E-state index contributed by atoms with van der Waals surface area (Å²) in [5.41, 5.74) is 6.60. The molecule has 1 unspecified atom stereocenters. The number of rotatable bonds is 1. The van der Waals surface area contributed by atoms with Crippen molar-refractivity contribution in [1.29, 1.82) is 0 Å². The van der Waals surface area contributed by atoms with Crippen molar-refractivity contribution in [3.8, 4) is 0 Å². The van der Waals surface area contributed by atoms with E-state index in [1.54, 1.807) is 0 Å². The van der Waals surface area contributed by atoms with Gasteiger partial charge in [0.05, 0.1) is 0 Å².